The lowest BCUT2D eigenvalue weighted by atomic mass is 10.1. The number of hydrogen-bond donors (Lipinski definition) is 0. The molecule has 0 fully saturated rings. The Balaban J connectivity index is 1.79. The van der Waals surface area contributed by atoms with Crippen molar-refractivity contribution < 1.29 is 17.9 Å². The first-order valence-electron chi connectivity index (χ1n) is 7.24. The minimum atomic E-state index is -4.33. The smallest absolute Gasteiger partial charge is 0.356 e. The summed E-state index contributed by atoms with van der Waals surface area (Å²) < 4.78 is 45.9. The quantitative estimate of drug-likeness (QED) is 0.649. The number of fused-ring (bicyclic) bond motifs is 1. The molecule has 2 nitrogen and oxygen atoms in total. The van der Waals surface area contributed by atoms with Gasteiger partial charge < -0.3 is 9.30 Å². The zero-order valence-corrected chi connectivity index (χ0v) is 12.6. The van der Waals surface area contributed by atoms with Crippen molar-refractivity contribution in [1.29, 1.82) is 0 Å². The van der Waals surface area contributed by atoms with Crippen LogP contribution in [0.25, 0.3) is 10.9 Å². The summed E-state index contributed by atoms with van der Waals surface area (Å²) in [4.78, 5) is 0. The lowest BCUT2D eigenvalue weighted by Crippen LogP contribution is -2.06. The fourth-order valence-electron chi connectivity index (χ4n) is 2.59. The first-order valence-corrected chi connectivity index (χ1v) is 7.24. The third-order valence-corrected chi connectivity index (χ3v) is 3.77. The number of aromatic nitrogens is 1. The predicted molar refractivity (Wildman–Crippen MR) is 82.9 cm³/mol. The van der Waals surface area contributed by atoms with Crippen molar-refractivity contribution in [3.05, 3.63) is 71.4 Å². The van der Waals surface area contributed by atoms with Gasteiger partial charge in [-0.05, 0) is 36.8 Å². The monoisotopic (exact) mass is 319 g/mol. The van der Waals surface area contributed by atoms with E-state index in [2.05, 4.69) is 0 Å². The third-order valence-electron chi connectivity index (χ3n) is 3.77. The molecule has 0 saturated heterocycles. The highest BCUT2D eigenvalue weighted by atomic mass is 19.4. The number of hydrogen-bond acceptors (Lipinski definition) is 1. The number of ether oxygens (including phenoxy) is 1. The van der Waals surface area contributed by atoms with Gasteiger partial charge in [-0.3, -0.25) is 0 Å². The van der Waals surface area contributed by atoms with Gasteiger partial charge in [-0.1, -0.05) is 30.3 Å². The largest absolute Gasteiger partial charge is 0.416 e. The van der Waals surface area contributed by atoms with E-state index in [1.54, 1.807) is 6.07 Å². The molecular weight excluding hydrogens is 303 g/mol. The van der Waals surface area contributed by atoms with Gasteiger partial charge in [0.25, 0.3) is 0 Å². The molecule has 3 rings (SSSR count). The Kier molecular flexibility index (Phi) is 4.13. The Bertz CT molecular complexity index is 806. The van der Waals surface area contributed by atoms with Crippen LogP contribution in [-0.4, -0.2) is 4.57 Å². The van der Waals surface area contributed by atoms with Gasteiger partial charge in [0.1, 0.15) is 6.73 Å². The summed E-state index contributed by atoms with van der Waals surface area (Å²) in [7, 11) is 0. The van der Waals surface area contributed by atoms with Crippen molar-refractivity contribution in [2.45, 2.75) is 26.4 Å². The molecular formula is C18H16F3NO. The Morgan fingerprint density at radius 1 is 1.00 bits per heavy atom. The number of aryl methyl sites for hydroxylation is 1. The predicted octanol–water partition coefficient (Wildman–Crippen LogP) is 5.14. The highest BCUT2D eigenvalue weighted by Crippen LogP contribution is 2.32. The van der Waals surface area contributed by atoms with Gasteiger partial charge in [-0.15, -0.1) is 0 Å². The normalized spacial score (nSPS) is 12.0. The van der Waals surface area contributed by atoms with E-state index in [4.69, 9.17) is 4.74 Å². The van der Waals surface area contributed by atoms with Crippen LogP contribution in [0.2, 0.25) is 0 Å². The summed E-state index contributed by atoms with van der Waals surface area (Å²) >= 11 is 0. The van der Waals surface area contributed by atoms with Crippen LogP contribution in [0, 0.1) is 6.92 Å². The van der Waals surface area contributed by atoms with E-state index in [9.17, 15) is 13.2 Å². The van der Waals surface area contributed by atoms with Crippen LogP contribution in [0.4, 0.5) is 13.2 Å². The summed E-state index contributed by atoms with van der Waals surface area (Å²) in [6.45, 7) is 2.62. The minimum Gasteiger partial charge on any atom is -0.356 e. The molecule has 0 bridgehead atoms. The molecule has 0 atom stereocenters. The Morgan fingerprint density at radius 3 is 2.43 bits per heavy atom. The van der Waals surface area contributed by atoms with Crippen LogP contribution >= 0.6 is 0 Å². The van der Waals surface area contributed by atoms with Crippen LogP contribution in [-0.2, 0) is 24.3 Å². The van der Waals surface area contributed by atoms with Gasteiger partial charge in [0.2, 0.25) is 0 Å². The number of benzene rings is 2. The second-order valence-corrected chi connectivity index (χ2v) is 5.45. The molecule has 23 heavy (non-hydrogen) atoms. The molecule has 1 aromatic heterocycles. The van der Waals surface area contributed by atoms with E-state index in [1.165, 1.54) is 12.1 Å². The number of nitrogens with zero attached hydrogens (tertiary/aromatic N) is 1. The van der Waals surface area contributed by atoms with E-state index in [1.807, 2.05) is 41.8 Å². The molecule has 0 radical (unpaired) electrons. The fourth-order valence-corrected chi connectivity index (χ4v) is 2.59. The molecule has 5 heteroatoms. The first-order chi connectivity index (χ1) is 10.9. The van der Waals surface area contributed by atoms with Gasteiger partial charge in [0, 0.05) is 11.1 Å². The van der Waals surface area contributed by atoms with Gasteiger partial charge in [0.15, 0.2) is 0 Å². The van der Waals surface area contributed by atoms with Crippen LogP contribution in [0.15, 0.2) is 54.6 Å². The standard InChI is InChI=1S/C18H16F3NO/c1-13-9-15-10-16(18(19,20)21)7-8-17(15)22(13)12-23-11-14-5-3-2-4-6-14/h2-10H,11-12H2,1H3. The van der Waals surface area contributed by atoms with Crippen LogP contribution in [0.1, 0.15) is 16.8 Å². The SMILES string of the molecule is Cc1cc2cc(C(F)(F)F)ccc2n1COCc1ccccc1. The van der Waals surface area contributed by atoms with Crippen molar-refractivity contribution in [3.8, 4) is 0 Å². The van der Waals surface area contributed by atoms with Gasteiger partial charge >= 0.3 is 6.18 Å². The van der Waals surface area contributed by atoms with Crippen LogP contribution in [0.3, 0.4) is 0 Å². The second-order valence-electron chi connectivity index (χ2n) is 5.45. The highest BCUT2D eigenvalue weighted by Gasteiger charge is 2.30. The Hall–Kier alpha value is -2.27. The average molecular weight is 319 g/mol. The van der Waals surface area contributed by atoms with Gasteiger partial charge in [0.05, 0.1) is 17.7 Å². The van der Waals surface area contributed by atoms with E-state index in [-0.39, 0.29) is 0 Å². The molecule has 0 amide bonds. The minimum absolute atomic E-state index is 0.301. The molecule has 0 unspecified atom stereocenters. The maximum Gasteiger partial charge on any atom is 0.416 e. The molecule has 0 aliphatic carbocycles. The molecule has 0 aliphatic rings. The molecule has 3 aromatic rings. The fraction of sp³-hybridized carbons (Fsp3) is 0.222. The van der Waals surface area contributed by atoms with Gasteiger partial charge in [-0.25, -0.2) is 0 Å². The average Bonchev–Trinajstić information content (AvgIpc) is 2.83. The van der Waals surface area contributed by atoms with Gasteiger partial charge in [-0.2, -0.15) is 13.2 Å². The summed E-state index contributed by atoms with van der Waals surface area (Å²) in [5.74, 6) is 0. The van der Waals surface area contributed by atoms with E-state index < -0.39 is 11.7 Å². The Morgan fingerprint density at radius 2 is 1.74 bits per heavy atom. The number of rotatable bonds is 4. The van der Waals surface area contributed by atoms with Crippen molar-refractivity contribution in [2.75, 3.05) is 0 Å². The first kappa shape index (κ1) is 15.6. The summed E-state index contributed by atoms with van der Waals surface area (Å²) in [6.07, 6.45) is -4.33. The second kappa shape index (κ2) is 6.08. The molecule has 1 heterocycles. The third kappa shape index (κ3) is 3.40. The lowest BCUT2D eigenvalue weighted by Gasteiger charge is -2.10. The van der Waals surface area contributed by atoms with Crippen molar-refractivity contribution in [1.82, 2.24) is 4.57 Å². The summed E-state index contributed by atoms with van der Waals surface area (Å²) in [5.41, 5.74) is 2.03. The summed E-state index contributed by atoms with van der Waals surface area (Å²) in [6, 6.07) is 15.3. The number of alkyl halides is 3. The van der Waals surface area contributed by atoms with Crippen LogP contribution in [0.5, 0.6) is 0 Å². The maximum atomic E-state index is 12.8. The topological polar surface area (TPSA) is 14.2 Å². The van der Waals surface area contributed by atoms with Crippen LogP contribution < -0.4 is 0 Å². The summed E-state index contributed by atoms with van der Waals surface area (Å²) in [5, 5.41) is 0.570. The molecule has 0 aliphatic heterocycles. The lowest BCUT2D eigenvalue weighted by molar-refractivity contribution is -0.137. The molecule has 2 aromatic carbocycles. The van der Waals surface area contributed by atoms with Crippen molar-refractivity contribution in [3.63, 3.8) is 0 Å². The Labute approximate surface area is 132 Å². The van der Waals surface area contributed by atoms with Crippen molar-refractivity contribution in [2.24, 2.45) is 0 Å². The van der Waals surface area contributed by atoms with Crippen molar-refractivity contribution >= 4 is 10.9 Å². The molecule has 120 valence electrons. The zero-order chi connectivity index (χ0) is 16.4. The zero-order valence-electron chi connectivity index (χ0n) is 12.6. The molecule has 0 N–H and O–H groups in total. The molecule has 0 spiro atoms. The molecule has 0 saturated carbocycles. The van der Waals surface area contributed by atoms with E-state index in [0.717, 1.165) is 22.8 Å². The number of halogens is 3. The highest BCUT2D eigenvalue weighted by molar-refractivity contribution is 5.82. The van der Waals surface area contributed by atoms with E-state index >= 15 is 0 Å². The maximum absolute atomic E-state index is 12.8. The van der Waals surface area contributed by atoms with E-state index in [0.29, 0.717) is 18.7 Å².